The third kappa shape index (κ3) is 3.03. The normalized spacial score (nSPS) is 13.7. The molecule has 21 heavy (non-hydrogen) atoms. The van der Waals surface area contributed by atoms with Gasteiger partial charge < -0.3 is 19.7 Å². The summed E-state index contributed by atoms with van der Waals surface area (Å²) in [5.74, 6) is 2.51. The van der Waals surface area contributed by atoms with Crippen molar-refractivity contribution in [3.05, 3.63) is 24.4 Å². The molecule has 0 unspecified atom stereocenters. The zero-order valence-electron chi connectivity index (χ0n) is 12.6. The fourth-order valence-corrected chi connectivity index (χ4v) is 2.37. The molecule has 3 rings (SSSR count). The highest BCUT2D eigenvalue weighted by Crippen LogP contribution is 2.36. The quantitative estimate of drug-likeness (QED) is 0.915. The largest absolute Gasteiger partial charge is 0.486 e. The molecule has 0 spiro atoms. The number of nitrogens with zero attached hydrogens (tertiary/aromatic N) is 2. The average molecular weight is 287 g/mol. The van der Waals surface area contributed by atoms with Gasteiger partial charge in [0.15, 0.2) is 11.5 Å². The van der Waals surface area contributed by atoms with Crippen LogP contribution in [0.1, 0.15) is 6.92 Å². The number of anilines is 1. The van der Waals surface area contributed by atoms with E-state index in [0.717, 1.165) is 47.7 Å². The van der Waals surface area contributed by atoms with Crippen LogP contribution in [0, 0.1) is 0 Å². The van der Waals surface area contributed by atoms with Crippen molar-refractivity contribution in [3.63, 3.8) is 0 Å². The van der Waals surface area contributed by atoms with Crippen molar-refractivity contribution >= 4 is 16.6 Å². The average Bonchev–Trinajstić information content (AvgIpc) is 2.53. The van der Waals surface area contributed by atoms with Crippen LogP contribution in [0.3, 0.4) is 0 Å². The first kappa shape index (κ1) is 13.9. The third-order valence-electron chi connectivity index (χ3n) is 3.75. The zero-order valence-corrected chi connectivity index (χ0v) is 12.6. The lowest BCUT2D eigenvalue weighted by molar-refractivity contribution is 0.172. The first-order chi connectivity index (χ1) is 10.3. The number of pyridine rings is 1. The van der Waals surface area contributed by atoms with E-state index in [-0.39, 0.29) is 0 Å². The summed E-state index contributed by atoms with van der Waals surface area (Å²) < 4.78 is 11.3. The van der Waals surface area contributed by atoms with Crippen LogP contribution in [0.5, 0.6) is 11.5 Å². The van der Waals surface area contributed by atoms with Gasteiger partial charge in [0.1, 0.15) is 19.0 Å². The number of likely N-dealkylation sites (N-methyl/N-ethyl adjacent to an activating group) is 1. The monoisotopic (exact) mass is 287 g/mol. The molecule has 1 aliphatic rings. The van der Waals surface area contributed by atoms with Gasteiger partial charge in [-0.1, -0.05) is 6.92 Å². The Bertz CT molecular complexity index is 630. The first-order valence-corrected chi connectivity index (χ1v) is 7.38. The summed E-state index contributed by atoms with van der Waals surface area (Å²) in [4.78, 5) is 6.71. The minimum absolute atomic E-state index is 0.600. The molecular weight excluding hydrogens is 266 g/mol. The van der Waals surface area contributed by atoms with Gasteiger partial charge in [-0.3, -0.25) is 0 Å². The van der Waals surface area contributed by atoms with Gasteiger partial charge in [-0.15, -0.1) is 0 Å². The van der Waals surface area contributed by atoms with Crippen LogP contribution >= 0.6 is 0 Å². The second-order valence-corrected chi connectivity index (χ2v) is 5.20. The summed E-state index contributed by atoms with van der Waals surface area (Å²) in [7, 11) is 2.11. The molecule has 0 amide bonds. The van der Waals surface area contributed by atoms with Crippen molar-refractivity contribution in [1.29, 1.82) is 0 Å². The van der Waals surface area contributed by atoms with Crippen LogP contribution < -0.4 is 14.8 Å². The molecule has 2 heterocycles. The molecule has 1 aromatic carbocycles. The first-order valence-electron chi connectivity index (χ1n) is 7.38. The molecule has 5 heteroatoms. The molecule has 0 aliphatic carbocycles. The number of aromatic nitrogens is 1. The molecule has 112 valence electrons. The van der Waals surface area contributed by atoms with E-state index in [2.05, 4.69) is 29.2 Å². The predicted molar refractivity (Wildman–Crippen MR) is 84.4 cm³/mol. The lowest BCUT2D eigenvalue weighted by atomic mass is 10.1. The van der Waals surface area contributed by atoms with E-state index in [1.165, 1.54) is 0 Å². The molecule has 1 aliphatic heterocycles. The third-order valence-corrected chi connectivity index (χ3v) is 3.75. The van der Waals surface area contributed by atoms with Crippen molar-refractivity contribution < 1.29 is 9.47 Å². The Hall–Kier alpha value is -2.01. The summed E-state index contributed by atoms with van der Waals surface area (Å²) in [5, 5.41) is 5.59. The van der Waals surface area contributed by atoms with Crippen LogP contribution in [0.25, 0.3) is 10.8 Å². The van der Waals surface area contributed by atoms with E-state index in [0.29, 0.717) is 13.2 Å². The van der Waals surface area contributed by atoms with Crippen LogP contribution in [-0.2, 0) is 0 Å². The number of nitrogens with one attached hydrogen (secondary N) is 1. The fourth-order valence-electron chi connectivity index (χ4n) is 2.37. The minimum Gasteiger partial charge on any atom is -0.486 e. The summed E-state index contributed by atoms with van der Waals surface area (Å²) in [6.07, 6.45) is 1.82. The van der Waals surface area contributed by atoms with Crippen LogP contribution in [0.4, 0.5) is 5.82 Å². The van der Waals surface area contributed by atoms with Gasteiger partial charge in [0.25, 0.3) is 0 Å². The molecule has 0 saturated carbocycles. The Balaban J connectivity index is 1.85. The van der Waals surface area contributed by atoms with E-state index < -0.39 is 0 Å². The van der Waals surface area contributed by atoms with Crippen molar-refractivity contribution in [2.24, 2.45) is 0 Å². The topological polar surface area (TPSA) is 46.6 Å². The highest BCUT2D eigenvalue weighted by molar-refractivity contribution is 5.94. The molecular formula is C16H21N3O2. The number of fused-ring (bicyclic) bond motifs is 2. The fraction of sp³-hybridized carbons (Fsp3) is 0.438. The number of rotatable bonds is 5. The summed E-state index contributed by atoms with van der Waals surface area (Å²) in [6.45, 7) is 6.26. The molecule has 0 saturated heterocycles. The molecule has 0 radical (unpaired) electrons. The minimum atomic E-state index is 0.600. The van der Waals surface area contributed by atoms with Gasteiger partial charge in [-0.05, 0) is 37.2 Å². The van der Waals surface area contributed by atoms with Crippen LogP contribution in [-0.4, -0.2) is 49.8 Å². The number of benzene rings is 1. The number of hydrogen-bond donors (Lipinski definition) is 1. The van der Waals surface area contributed by atoms with Gasteiger partial charge in [0, 0.05) is 24.7 Å². The molecule has 5 nitrogen and oxygen atoms in total. The summed E-state index contributed by atoms with van der Waals surface area (Å²) in [5.41, 5.74) is 0. The molecule has 2 aromatic rings. The maximum Gasteiger partial charge on any atom is 0.162 e. The Morgan fingerprint density at radius 3 is 2.76 bits per heavy atom. The lowest BCUT2D eigenvalue weighted by Gasteiger charge is -2.20. The Labute approximate surface area is 124 Å². The van der Waals surface area contributed by atoms with Gasteiger partial charge in [0.2, 0.25) is 0 Å². The van der Waals surface area contributed by atoms with Crippen LogP contribution in [0.15, 0.2) is 24.4 Å². The SMILES string of the molecule is CCN(C)CCNc1nccc2cc3c(cc12)OCCO3. The van der Waals surface area contributed by atoms with Crippen LogP contribution in [0.2, 0.25) is 0 Å². The highest BCUT2D eigenvalue weighted by Gasteiger charge is 2.14. The predicted octanol–water partition coefficient (Wildman–Crippen LogP) is 2.37. The highest BCUT2D eigenvalue weighted by atomic mass is 16.6. The smallest absolute Gasteiger partial charge is 0.162 e. The van der Waals surface area contributed by atoms with Gasteiger partial charge in [0.05, 0.1) is 0 Å². The number of ether oxygens (including phenoxy) is 2. The van der Waals surface area contributed by atoms with Crippen molar-refractivity contribution in [3.8, 4) is 11.5 Å². The van der Waals surface area contributed by atoms with E-state index in [4.69, 9.17) is 9.47 Å². The Morgan fingerprint density at radius 1 is 1.24 bits per heavy atom. The second kappa shape index (κ2) is 6.18. The maximum absolute atomic E-state index is 5.66. The van der Waals surface area contributed by atoms with E-state index in [9.17, 15) is 0 Å². The number of hydrogen-bond acceptors (Lipinski definition) is 5. The van der Waals surface area contributed by atoms with Gasteiger partial charge >= 0.3 is 0 Å². The molecule has 0 atom stereocenters. The van der Waals surface area contributed by atoms with Gasteiger partial charge in [-0.2, -0.15) is 0 Å². The Morgan fingerprint density at radius 2 is 2.00 bits per heavy atom. The maximum atomic E-state index is 5.66. The van der Waals surface area contributed by atoms with E-state index in [1.54, 1.807) is 0 Å². The summed E-state index contributed by atoms with van der Waals surface area (Å²) in [6, 6.07) is 6.04. The molecule has 1 N–H and O–H groups in total. The van der Waals surface area contributed by atoms with E-state index >= 15 is 0 Å². The molecule has 1 aromatic heterocycles. The summed E-state index contributed by atoms with van der Waals surface area (Å²) >= 11 is 0. The Kier molecular flexibility index (Phi) is 4.10. The standard InChI is InChI=1S/C16H21N3O2/c1-3-19(2)7-6-18-16-13-11-15-14(20-8-9-21-15)10-12(13)4-5-17-16/h4-5,10-11H,3,6-9H2,1-2H3,(H,17,18). The lowest BCUT2D eigenvalue weighted by Crippen LogP contribution is -2.25. The van der Waals surface area contributed by atoms with Crippen molar-refractivity contribution in [2.75, 3.05) is 45.2 Å². The molecule has 0 bridgehead atoms. The van der Waals surface area contributed by atoms with Crippen molar-refractivity contribution in [1.82, 2.24) is 9.88 Å². The zero-order chi connectivity index (χ0) is 14.7. The second-order valence-electron chi connectivity index (χ2n) is 5.20. The van der Waals surface area contributed by atoms with Crippen molar-refractivity contribution in [2.45, 2.75) is 6.92 Å². The van der Waals surface area contributed by atoms with Gasteiger partial charge in [-0.25, -0.2) is 4.98 Å². The van der Waals surface area contributed by atoms with E-state index in [1.807, 2.05) is 24.4 Å². The molecule has 0 fully saturated rings.